The predicted octanol–water partition coefficient (Wildman–Crippen LogP) is 9.68. The van der Waals surface area contributed by atoms with Crippen molar-refractivity contribution in [1.82, 2.24) is 35.1 Å². The third-order valence-corrected chi connectivity index (χ3v) is 13.6. The van der Waals surface area contributed by atoms with Crippen molar-refractivity contribution < 1.29 is 33.4 Å². The number of fused-ring (bicyclic) bond motifs is 6. The second-order valence-corrected chi connectivity index (χ2v) is 17.5. The SMILES string of the molecule is CC[C@H](C)C(/C=N/C(=O)OC)C(=O)N1[C@@H](C)CC[C@H]1c1nc2ccc3cc4c(cc3c2[nH]1)OCc1cc(-c2cnc([C@H](C)N(C(=O)C(NC(=O)OC)[C@@H](C)CC)[C@@H](C)CC)[nH]2)ccc1-4. The molecule has 1 saturated heterocycles. The molecule has 0 saturated carbocycles. The number of amides is 4. The number of hydrogen-bond acceptors (Lipinski definition) is 9. The molecule has 1 fully saturated rings. The normalized spacial score (nSPS) is 18.7. The molecular weight excluding hydrogens is 813 g/mol. The highest BCUT2D eigenvalue weighted by molar-refractivity contribution is 6.07. The third-order valence-electron chi connectivity index (χ3n) is 13.6. The van der Waals surface area contributed by atoms with E-state index in [0.717, 1.165) is 87.0 Å². The van der Waals surface area contributed by atoms with Crippen LogP contribution in [0, 0.1) is 17.8 Å². The number of carbonyl (C=O) groups excluding carboxylic acids is 4. The lowest BCUT2D eigenvalue weighted by molar-refractivity contribution is -0.139. The number of alkyl carbamates (subject to hydrolysis) is 1. The van der Waals surface area contributed by atoms with Gasteiger partial charge in [-0.25, -0.2) is 19.6 Å². The van der Waals surface area contributed by atoms with Crippen molar-refractivity contribution in [2.75, 3.05) is 14.2 Å². The quantitative estimate of drug-likeness (QED) is 0.0914. The first-order valence-electron chi connectivity index (χ1n) is 22.6. The average molecular weight is 875 g/mol. The van der Waals surface area contributed by atoms with Crippen LogP contribution in [-0.4, -0.2) is 92.3 Å². The first-order valence-corrected chi connectivity index (χ1v) is 22.6. The number of ether oxygens (including phenoxy) is 3. The molecule has 0 bridgehead atoms. The minimum Gasteiger partial charge on any atom is -0.488 e. The van der Waals surface area contributed by atoms with Gasteiger partial charge >= 0.3 is 12.2 Å². The van der Waals surface area contributed by atoms with Gasteiger partial charge in [-0.2, -0.15) is 4.99 Å². The van der Waals surface area contributed by atoms with Crippen LogP contribution in [0.25, 0.3) is 44.2 Å². The summed E-state index contributed by atoms with van der Waals surface area (Å²) in [7, 11) is 2.57. The minimum absolute atomic E-state index is 0.0123. The molecule has 0 aliphatic carbocycles. The zero-order valence-corrected chi connectivity index (χ0v) is 38.7. The van der Waals surface area contributed by atoms with E-state index < -0.39 is 30.2 Å². The van der Waals surface area contributed by atoms with E-state index in [0.29, 0.717) is 18.9 Å². The highest BCUT2D eigenvalue weighted by atomic mass is 16.5. The van der Waals surface area contributed by atoms with Gasteiger partial charge in [0.25, 0.3) is 0 Å². The largest absolute Gasteiger partial charge is 0.488 e. The molecule has 0 radical (unpaired) electrons. The van der Waals surface area contributed by atoms with Gasteiger partial charge in [-0.15, -0.1) is 0 Å². The van der Waals surface area contributed by atoms with Gasteiger partial charge in [0.1, 0.15) is 30.0 Å². The topological polar surface area (TPSA) is 184 Å². The fourth-order valence-electron chi connectivity index (χ4n) is 9.18. The fraction of sp³-hybridized carbons (Fsp3) is 0.490. The Kier molecular flexibility index (Phi) is 13.8. The molecule has 64 heavy (non-hydrogen) atoms. The molecule has 2 unspecified atom stereocenters. The van der Waals surface area contributed by atoms with Crippen LogP contribution in [0.2, 0.25) is 0 Å². The Morgan fingerprint density at radius 1 is 0.953 bits per heavy atom. The molecule has 3 aromatic carbocycles. The standard InChI is InChI=1S/C49H62N8O7/c1-11-26(4)37(23-51-48(60)62-9)46(58)57-29(7)14-19-40(57)45-52-38-18-16-31-21-36-34-17-15-32(20-33(34)25-64-41(36)22-35(31)43(38)54-45)39-24-50-44(53-39)30(8)56(28(6)13-3)47(59)42(27(5)12-2)55-49(61)63-10/h15-18,20-24,26-30,37,40,42H,11-14,19,25H2,1-10H3,(H,50,53)(H,52,54)(H,55,61)/b51-23+/t26-,27-,28-,29-,30-,37?,40-,42?/m0/s1. The molecule has 3 N–H and O–H groups in total. The van der Waals surface area contributed by atoms with Crippen LogP contribution in [-0.2, 0) is 25.7 Å². The maximum atomic E-state index is 14.2. The zero-order valence-electron chi connectivity index (χ0n) is 38.7. The van der Waals surface area contributed by atoms with E-state index in [9.17, 15) is 19.2 Å². The Bertz CT molecular complexity index is 2560. The van der Waals surface area contributed by atoms with E-state index in [4.69, 9.17) is 24.2 Å². The molecule has 7 rings (SSSR count). The molecule has 8 atom stereocenters. The van der Waals surface area contributed by atoms with Crippen LogP contribution >= 0.6 is 0 Å². The number of benzene rings is 3. The van der Waals surface area contributed by atoms with Gasteiger partial charge in [0, 0.05) is 29.2 Å². The minimum atomic E-state index is -0.744. The first-order chi connectivity index (χ1) is 30.7. The highest BCUT2D eigenvalue weighted by Crippen LogP contribution is 2.44. The zero-order chi connectivity index (χ0) is 46.0. The monoisotopic (exact) mass is 874 g/mol. The summed E-state index contributed by atoms with van der Waals surface area (Å²) in [5.41, 5.74) is 6.54. The van der Waals surface area contributed by atoms with Crippen molar-refractivity contribution >= 4 is 52.0 Å². The third kappa shape index (κ3) is 8.81. The van der Waals surface area contributed by atoms with Crippen molar-refractivity contribution in [3.63, 3.8) is 0 Å². The number of carbonyl (C=O) groups is 4. The second kappa shape index (κ2) is 19.2. The number of H-pyrrole nitrogens is 2. The van der Waals surface area contributed by atoms with Gasteiger partial charge < -0.3 is 39.3 Å². The van der Waals surface area contributed by atoms with E-state index in [1.807, 2.05) is 64.3 Å². The van der Waals surface area contributed by atoms with E-state index in [-0.39, 0.29) is 41.8 Å². The van der Waals surface area contributed by atoms with E-state index in [1.165, 1.54) is 20.4 Å². The van der Waals surface area contributed by atoms with Gasteiger partial charge in [-0.05, 0) is 98.2 Å². The Balaban J connectivity index is 1.15. The second-order valence-electron chi connectivity index (χ2n) is 17.5. The summed E-state index contributed by atoms with van der Waals surface area (Å²) in [6, 6.07) is 13.1. The fourth-order valence-corrected chi connectivity index (χ4v) is 9.18. The molecule has 2 aliphatic heterocycles. The van der Waals surface area contributed by atoms with Crippen LogP contribution in [0.5, 0.6) is 5.75 Å². The Labute approximate surface area is 374 Å². The molecular formula is C49H62N8O7. The van der Waals surface area contributed by atoms with Crippen molar-refractivity contribution in [2.45, 2.75) is 124 Å². The van der Waals surface area contributed by atoms with Crippen LogP contribution in [0.4, 0.5) is 9.59 Å². The van der Waals surface area contributed by atoms with E-state index in [1.54, 1.807) is 6.20 Å². The van der Waals surface area contributed by atoms with Crippen molar-refractivity contribution in [1.29, 1.82) is 0 Å². The van der Waals surface area contributed by atoms with Gasteiger partial charge in [-0.1, -0.05) is 65.7 Å². The van der Waals surface area contributed by atoms with Gasteiger partial charge in [0.05, 0.1) is 55.1 Å². The smallest absolute Gasteiger partial charge is 0.432 e. The predicted molar refractivity (Wildman–Crippen MR) is 247 cm³/mol. The van der Waals surface area contributed by atoms with Crippen LogP contribution in [0.1, 0.15) is 117 Å². The maximum Gasteiger partial charge on any atom is 0.432 e. The molecule has 15 heteroatoms. The van der Waals surface area contributed by atoms with Crippen LogP contribution in [0.3, 0.4) is 0 Å². The Morgan fingerprint density at radius 2 is 1.72 bits per heavy atom. The van der Waals surface area contributed by atoms with Crippen LogP contribution in [0.15, 0.2) is 53.7 Å². The lowest BCUT2D eigenvalue weighted by atomic mass is 9.91. The van der Waals surface area contributed by atoms with Gasteiger partial charge in [0.2, 0.25) is 11.8 Å². The number of imidazole rings is 2. The summed E-state index contributed by atoms with van der Waals surface area (Å²) >= 11 is 0. The summed E-state index contributed by atoms with van der Waals surface area (Å²) in [4.78, 5) is 77.1. The number of methoxy groups -OCH3 is 2. The van der Waals surface area contributed by atoms with Crippen LogP contribution < -0.4 is 10.1 Å². The number of aliphatic imine (C=N–C) groups is 1. The lowest BCUT2D eigenvalue weighted by Gasteiger charge is -2.37. The number of hydrogen-bond donors (Lipinski definition) is 3. The Morgan fingerprint density at radius 3 is 2.42 bits per heavy atom. The summed E-state index contributed by atoms with van der Waals surface area (Å²) in [6.07, 6.45) is 5.64. The number of rotatable bonds is 14. The van der Waals surface area contributed by atoms with Crippen molar-refractivity contribution in [3.8, 4) is 28.1 Å². The maximum absolute atomic E-state index is 14.2. The molecule has 2 aliphatic rings. The van der Waals surface area contributed by atoms with Crippen molar-refractivity contribution in [2.24, 2.45) is 22.7 Å². The highest BCUT2D eigenvalue weighted by Gasteiger charge is 2.41. The molecule has 5 aromatic rings. The summed E-state index contributed by atoms with van der Waals surface area (Å²) < 4.78 is 16.0. The van der Waals surface area contributed by atoms with E-state index in [2.05, 4.69) is 63.6 Å². The molecule has 4 heterocycles. The number of likely N-dealkylation sites (tertiary alicyclic amines) is 1. The summed E-state index contributed by atoms with van der Waals surface area (Å²) in [5.74, 6) is 1.19. The molecule has 2 aromatic heterocycles. The number of nitrogens with zero attached hydrogens (tertiary/aromatic N) is 5. The molecule has 0 spiro atoms. The molecule has 15 nitrogen and oxygen atoms in total. The van der Waals surface area contributed by atoms with Gasteiger partial charge in [-0.3, -0.25) is 9.59 Å². The number of aromatic nitrogens is 4. The lowest BCUT2D eigenvalue weighted by Crippen LogP contribution is -2.54. The van der Waals surface area contributed by atoms with E-state index >= 15 is 0 Å². The summed E-state index contributed by atoms with van der Waals surface area (Å²) in [6.45, 7) is 16.4. The Hall–Kier alpha value is -6.25. The average Bonchev–Trinajstić information content (AvgIpc) is 4.08. The van der Waals surface area contributed by atoms with Gasteiger partial charge in [0.15, 0.2) is 0 Å². The summed E-state index contributed by atoms with van der Waals surface area (Å²) in [5, 5.41) is 4.77. The molecule has 340 valence electrons. The number of nitrogens with one attached hydrogen (secondary N) is 3. The van der Waals surface area contributed by atoms with Crippen molar-refractivity contribution in [3.05, 3.63) is 65.9 Å². The molecule has 4 amide bonds. The number of aromatic amines is 2. The first kappa shape index (κ1) is 45.8.